The smallest absolute Gasteiger partial charge is 0.177 e. The van der Waals surface area contributed by atoms with Gasteiger partial charge in [-0.25, -0.2) is 4.39 Å². The summed E-state index contributed by atoms with van der Waals surface area (Å²) in [5, 5.41) is 11.4. The first-order chi connectivity index (χ1) is 11.1. The molecular weight excluding hydrogens is 301 g/mol. The number of amidine groups is 2. The largest absolute Gasteiger partial charge is 0.380 e. The van der Waals surface area contributed by atoms with E-state index in [1.165, 1.54) is 12.1 Å². The Balaban J connectivity index is 1.77. The van der Waals surface area contributed by atoms with Gasteiger partial charge in [-0.3, -0.25) is 10.3 Å². The number of nitrogens with two attached hydrogens (primary N) is 2. The van der Waals surface area contributed by atoms with Crippen molar-refractivity contribution in [1.82, 2.24) is 4.90 Å². The SMILES string of the molecule is NC1=NN=C(N)C1=NNc1ccc(F)cc1CN1CCOCC1. The van der Waals surface area contributed by atoms with Crippen LogP contribution in [0.1, 0.15) is 5.56 Å². The zero-order valence-corrected chi connectivity index (χ0v) is 12.5. The van der Waals surface area contributed by atoms with Gasteiger partial charge in [-0.2, -0.15) is 5.10 Å². The van der Waals surface area contributed by atoms with Crippen molar-refractivity contribution >= 4 is 23.1 Å². The first-order valence-electron chi connectivity index (χ1n) is 7.23. The molecule has 2 aliphatic rings. The molecule has 122 valence electrons. The van der Waals surface area contributed by atoms with Crippen molar-refractivity contribution in [1.29, 1.82) is 0 Å². The Morgan fingerprint density at radius 3 is 2.61 bits per heavy atom. The molecule has 0 aliphatic carbocycles. The van der Waals surface area contributed by atoms with E-state index in [0.29, 0.717) is 25.4 Å². The van der Waals surface area contributed by atoms with Crippen LogP contribution in [0.15, 0.2) is 33.5 Å². The standard InChI is InChI=1S/C14H18FN7O/c15-10-1-2-11(18-19-12-13(16)20-21-14(12)17)9(7-10)8-22-3-5-23-6-4-22/h1-2,7,18H,3-6,8H2,(H4,16,17,19,20,21). The Labute approximate surface area is 132 Å². The number of hydrazone groups is 1. The third-order valence-corrected chi connectivity index (χ3v) is 3.60. The van der Waals surface area contributed by atoms with Gasteiger partial charge in [0, 0.05) is 19.6 Å². The van der Waals surface area contributed by atoms with Crippen molar-refractivity contribution < 1.29 is 9.13 Å². The van der Waals surface area contributed by atoms with Crippen LogP contribution in [0, 0.1) is 5.82 Å². The van der Waals surface area contributed by atoms with E-state index in [2.05, 4.69) is 25.6 Å². The number of halogens is 1. The predicted octanol–water partition coefficient (Wildman–Crippen LogP) is 0.0688. The third kappa shape index (κ3) is 3.63. The lowest BCUT2D eigenvalue weighted by Crippen LogP contribution is -2.36. The van der Waals surface area contributed by atoms with Gasteiger partial charge in [0.25, 0.3) is 0 Å². The lowest BCUT2D eigenvalue weighted by molar-refractivity contribution is 0.0342. The molecule has 0 bridgehead atoms. The minimum Gasteiger partial charge on any atom is -0.380 e. The first-order valence-corrected chi connectivity index (χ1v) is 7.23. The van der Waals surface area contributed by atoms with E-state index in [0.717, 1.165) is 18.7 Å². The number of benzene rings is 1. The van der Waals surface area contributed by atoms with Crippen molar-refractivity contribution in [2.24, 2.45) is 26.8 Å². The molecule has 2 heterocycles. The Morgan fingerprint density at radius 1 is 1.22 bits per heavy atom. The van der Waals surface area contributed by atoms with Crippen molar-refractivity contribution in [2.45, 2.75) is 6.54 Å². The summed E-state index contributed by atoms with van der Waals surface area (Å²) in [4.78, 5) is 2.19. The Morgan fingerprint density at radius 2 is 1.91 bits per heavy atom. The summed E-state index contributed by atoms with van der Waals surface area (Å²) in [6, 6.07) is 4.49. The van der Waals surface area contributed by atoms with E-state index in [4.69, 9.17) is 16.2 Å². The van der Waals surface area contributed by atoms with Crippen LogP contribution in [0.4, 0.5) is 10.1 Å². The van der Waals surface area contributed by atoms with Crippen LogP contribution >= 0.6 is 0 Å². The summed E-state index contributed by atoms with van der Waals surface area (Å²) in [6.07, 6.45) is 0. The fraction of sp³-hybridized carbons (Fsp3) is 0.357. The van der Waals surface area contributed by atoms with Crippen LogP contribution in [0.5, 0.6) is 0 Å². The molecule has 8 nitrogen and oxygen atoms in total. The van der Waals surface area contributed by atoms with E-state index < -0.39 is 0 Å². The average Bonchev–Trinajstić information content (AvgIpc) is 2.86. The molecule has 0 saturated carbocycles. The molecule has 0 aromatic heterocycles. The second kappa shape index (κ2) is 6.71. The highest BCUT2D eigenvalue weighted by Gasteiger charge is 2.17. The molecule has 0 atom stereocenters. The molecule has 1 saturated heterocycles. The molecule has 5 N–H and O–H groups in total. The van der Waals surface area contributed by atoms with Crippen LogP contribution < -0.4 is 16.9 Å². The van der Waals surface area contributed by atoms with E-state index in [1.807, 2.05) is 0 Å². The minimum atomic E-state index is -0.297. The number of nitrogens with zero attached hydrogens (tertiary/aromatic N) is 4. The summed E-state index contributed by atoms with van der Waals surface area (Å²) < 4.78 is 18.9. The predicted molar refractivity (Wildman–Crippen MR) is 86.8 cm³/mol. The fourth-order valence-electron chi connectivity index (χ4n) is 2.37. The van der Waals surface area contributed by atoms with Crippen molar-refractivity contribution in [2.75, 3.05) is 31.7 Å². The quantitative estimate of drug-likeness (QED) is 0.680. The van der Waals surface area contributed by atoms with Gasteiger partial charge >= 0.3 is 0 Å². The molecule has 1 fully saturated rings. The van der Waals surface area contributed by atoms with Gasteiger partial charge in [-0.1, -0.05) is 0 Å². The van der Waals surface area contributed by atoms with Crippen molar-refractivity contribution in [3.63, 3.8) is 0 Å². The number of ether oxygens (including phenoxy) is 1. The molecule has 0 amide bonds. The lowest BCUT2D eigenvalue weighted by atomic mass is 10.1. The number of rotatable bonds is 4. The van der Waals surface area contributed by atoms with Gasteiger partial charge in [0.1, 0.15) is 5.82 Å². The van der Waals surface area contributed by atoms with Crippen molar-refractivity contribution in [3.05, 3.63) is 29.6 Å². The van der Waals surface area contributed by atoms with Crippen LogP contribution in [0.3, 0.4) is 0 Å². The lowest BCUT2D eigenvalue weighted by Gasteiger charge is -2.27. The van der Waals surface area contributed by atoms with Crippen LogP contribution in [-0.2, 0) is 11.3 Å². The van der Waals surface area contributed by atoms with E-state index in [1.54, 1.807) is 6.07 Å². The van der Waals surface area contributed by atoms with Gasteiger partial charge in [-0.15, -0.1) is 10.2 Å². The van der Waals surface area contributed by atoms with Crippen LogP contribution in [0.25, 0.3) is 0 Å². The molecule has 1 aromatic carbocycles. The maximum absolute atomic E-state index is 13.6. The van der Waals surface area contributed by atoms with Gasteiger partial charge in [0.2, 0.25) is 0 Å². The minimum absolute atomic E-state index is 0.145. The summed E-state index contributed by atoms with van der Waals surface area (Å²) in [7, 11) is 0. The third-order valence-electron chi connectivity index (χ3n) is 3.60. The molecule has 23 heavy (non-hydrogen) atoms. The van der Waals surface area contributed by atoms with Gasteiger partial charge in [0.05, 0.1) is 18.9 Å². The molecule has 1 aromatic rings. The average molecular weight is 319 g/mol. The zero-order valence-electron chi connectivity index (χ0n) is 12.5. The summed E-state index contributed by atoms with van der Waals surface area (Å²) in [6.45, 7) is 3.58. The summed E-state index contributed by atoms with van der Waals surface area (Å²) >= 11 is 0. The number of nitrogens with one attached hydrogen (secondary N) is 1. The summed E-state index contributed by atoms with van der Waals surface area (Å²) in [5.41, 5.74) is 15.9. The molecule has 0 radical (unpaired) electrons. The highest BCUT2D eigenvalue weighted by atomic mass is 19.1. The van der Waals surface area contributed by atoms with E-state index in [9.17, 15) is 4.39 Å². The molecule has 0 unspecified atom stereocenters. The Kier molecular flexibility index (Phi) is 4.49. The second-order valence-corrected chi connectivity index (χ2v) is 5.23. The Hall–Kier alpha value is -2.52. The maximum Gasteiger partial charge on any atom is 0.177 e. The highest BCUT2D eigenvalue weighted by Crippen LogP contribution is 2.20. The molecule has 2 aliphatic heterocycles. The second-order valence-electron chi connectivity index (χ2n) is 5.23. The summed E-state index contributed by atoms with van der Waals surface area (Å²) in [5.74, 6) is -0.00633. The maximum atomic E-state index is 13.6. The van der Waals surface area contributed by atoms with E-state index >= 15 is 0 Å². The Bertz CT molecular complexity index is 660. The fourth-order valence-corrected chi connectivity index (χ4v) is 2.37. The van der Waals surface area contributed by atoms with E-state index in [-0.39, 0.29) is 23.2 Å². The van der Waals surface area contributed by atoms with Gasteiger partial charge in [0.15, 0.2) is 17.4 Å². The number of anilines is 1. The number of hydrogen-bond donors (Lipinski definition) is 3. The molecular formula is C14H18FN7O. The number of hydrogen-bond acceptors (Lipinski definition) is 8. The normalized spacial score (nSPS) is 18.6. The van der Waals surface area contributed by atoms with Crippen molar-refractivity contribution in [3.8, 4) is 0 Å². The topological polar surface area (TPSA) is 114 Å². The molecule has 9 heteroatoms. The van der Waals surface area contributed by atoms with Crippen LogP contribution in [0.2, 0.25) is 0 Å². The zero-order chi connectivity index (χ0) is 16.2. The molecule has 0 spiro atoms. The monoisotopic (exact) mass is 319 g/mol. The first kappa shape index (κ1) is 15.4. The highest BCUT2D eigenvalue weighted by molar-refractivity contribution is 6.68. The van der Waals surface area contributed by atoms with Gasteiger partial charge < -0.3 is 16.2 Å². The van der Waals surface area contributed by atoms with Crippen LogP contribution in [-0.4, -0.2) is 48.6 Å². The number of morpholine rings is 1. The van der Waals surface area contributed by atoms with Gasteiger partial charge in [-0.05, 0) is 23.8 Å². The molecule has 3 rings (SSSR count).